The van der Waals surface area contributed by atoms with Crippen LogP contribution in [0.1, 0.15) is 6.92 Å². The second-order valence-corrected chi connectivity index (χ2v) is 5.51. The van der Waals surface area contributed by atoms with Gasteiger partial charge in [0.15, 0.2) is 0 Å². The van der Waals surface area contributed by atoms with Gasteiger partial charge < -0.3 is 15.4 Å². The van der Waals surface area contributed by atoms with Crippen LogP contribution in [-0.4, -0.2) is 21.5 Å². The standard InChI is InChI=1S/C18H15F2N5O3/c1-2-28-13-6-4-12(5-7-13)23-17-16(25(26)27)18(22-10-21-17)24-15-9-11(19)3-8-14(15)20/h3-10H,2H2,1H3,(H2,21,22,23,24). The summed E-state index contributed by atoms with van der Waals surface area (Å²) in [4.78, 5) is 18.5. The molecule has 2 N–H and O–H groups in total. The number of hydrogen-bond donors (Lipinski definition) is 2. The van der Waals surface area contributed by atoms with Crippen LogP contribution >= 0.6 is 0 Å². The fraction of sp³-hybridized carbons (Fsp3) is 0.111. The smallest absolute Gasteiger partial charge is 0.353 e. The Morgan fingerprint density at radius 1 is 1.07 bits per heavy atom. The molecular formula is C18H15F2N5O3. The molecule has 3 rings (SSSR count). The highest BCUT2D eigenvalue weighted by Crippen LogP contribution is 2.33. The van der Waals surface area contributed by atoms with Gasteiger partial charge >= 0.3 is 5.69 Å². The summed E-state index contributed by atoms with van der Waals surface area (Å²) in [5, 5.41) is 16.8. The Labute approximate surface area is 158 Å². The van der Waals surface area contributed by atoms with Crippen LogP contribution in [0.15, 0.2) is 48.8 Å². The summed E-state index contributed by atoms with van der Waals surface area (Å²) in [6.07, 6.45) is 1.07. The SMILES string of the molecule is CCOc1ccc(Nc2ncnc(Nc3cc(F)ccc3F)c2[N+](=O)[O-])cc1. The quantitative estimate of drug-likeness (QED) is 0.453. The molecule has 0 aliphatic rings. The maximum absolute atomic E-state index is 13.9. The van der Waals surface area contributed by atoms with E-state index in [0.717, 1.165) is 24.5 Å². The van der Waals surface area contributed by atoms with Crippen molar-refractivity contribution < 1.29 is 18.4 Å². The van der Waals surface area contributed by atoms with Crippen LogP contribution < -0.4 is 15.4 Å². The second-order valence-electron chi connectivity index (χ2n) is 5.51. The number of nitrogens with one attached hydrogen (secondary N) is 2. The van der Waals surface area contributed by atoms with Gasteiger partial charge in [0.2, 0.25) is 11.6 Å². The molecule has 0 aliphatic heterocycles. The molecule has 0 spiro atoms. The topological polar surface area (TPSA) is 102 Å². The van der Waals surface area contributed by atoms with Crippen molar-refractivity contribution in [1.29, 1.82) is 0 Å². The number of halogens is 2. The van der Waals surface area contributed by atoms with Crippen molar-refractivity contribution >= 4 is 28.7 Å². The number of aromatic nitrogens is 2. The van der Waals surface area contributed by atoms with Gasteiger partial charge in [0.25, 0.3) is 0 Å². The van der Waals surface area contributed by atoms with Crippen LogP contribution in [-0.2, 0) is 0 Å². The highest BCUT2D eigenvalue weighted by atomic mass is 19.1. The van der Waals surface area contributed by atoms with Crippen LogP contribution in [0, 0.1) is 21.7 Å². The van der Waals surface area contributed by atoms with E-state index in [1.54, 1.807) is 24.3 Å². The summed E-state index contributed by atoms with van der Waals surface area (Å²) >= 11 is 0. The molecule has 1 heterocycles. The number of benzene rings is 2. The molecule has 3 aromatic rings. The lowest BCUT2D eigenvalue weighted by Crippen LogP contribution is -2.06. The summed E-state index contributed by atoms with van der Waals surface area (Å²) in [6.45, 7) is 2.36. The van der Waals surface area contributed by atoms with E-state index in [2.05, 4.69) is 20.6 Å². The fourth-order valence-corrected chi connectivity index (χ4v) is 2.39. The van der Waals surface area contributed by atoms with E-state index in [1.165, 1.54) is 0 Å². The number of ether oxygens (including phenoxy) is 1. The number of hydrogen-bond acceptors (Lipinski definition) is 7. The molecule has 1 aromatic heterocycles. The zero-order chi connectivity index (χ0) is 20.1. The zero-order valence-corrected chi connectivity index (χ0v) is 14.6. The van der Waals surface area contributed by atoms with Crippen molar-refractivity contribution in [1.82, 2.24) is 9.97 Å². The molecule has 0 atom stereocenters. The minimum Gasteiger partial charge on any atom is -0.494 e. The number of anilines is 4. The Hall–Kier alpha value is -3.82. The summed E-state index contributed by atoms with van der Waals surface area (Å²) < 4.78 is 32.6. The van der Waals surface area contributed by atoms with Gasteiger partial charge in [0, 0.05) is 11.8 Å². The van der Waals surface area contributed by atoms with Gasteiger partial charge in [-0.3, -0.25) is 10.1 Å². The van der Waals surface area contributed by atoms with E-state index in [-0.39, 0.29) is 17.3 Å². The van der Waals surface area contributed by atoms with E-state index >= 15 is 0 Å². The van der Waals surface area contributed by atoms with Gasteiger partial charge in [-0.15, -0.1) is 0 Å². The summed E-state index contributed by atoms with van der Waals surface area (Å²) in [5.41, 5.74) is -0.276. The number of nitrogens with zero attached hydrogens (tertiary/aromatic N) is 3. The first-order valence-electron chi connectivity index (χ1n) is 8.19. The highest BCUT2D eigenvalue weighted by Gasteiger charge is 2.24. The van der Waals surface area contributed by atoms with E-state index in [9.17, 15) is 18.9 Å². The average Bonchev–Trinajstić information content (AvgIpc) is 2.66. The number of rotatable bonds is 7. The second kappa shape index (κ2) is 8.25. The Morgan fingerprint density at radius 2 is 1.75 bits per heavy atom. The molecule has 0 unspecified atom stereocenters. The monoisotopic (exact) mass is 387 g/mol. The third-order valence-electron chi connectivity index (χ3n) is 3.61. The maximum Gasteiger partial charge on any atom is 0.353 e. The predicted octanol–water partition coefficient (Wildman–Crippen LogP) is 4.55. The molecule has 0 radical (unpaired) electrons. The summed E-state index contributed by atoms with van der Waals surface area (Å²) in [6, 6.07) is 9.44. The lowest BCUT2D eigenvalue weighted by atomic mass is 10.2. The first-order chi connectivity index (χ1) is 13.5. The summed E-state index contributed by atoms with van der Waals surface area (Å²) in [5.74, 6) is -1.22. The van der Waals surface area contributed by atoms with Gasteiger partial charge in [-0.05, 0) is 43.3 Å². The Kier molecular flexibility index (Phi) is 5.58. The molecule has 144 valence electrons. The van der Waals surface area contributed by atoms with Crippen LogP contribution in [0.2, 0.25) is 0 Å². The first kappa shape index (κ1) is 19.0. The van der Waals surface area contributed by atoms with Crippen molar-refractivity contribution in [2.24, 2.45) is 0 Å². The lowest BCUT2D eigenvalue weighted by molar-refractivity contribution is -0.383. The minimum atomic E-state index is -0.782. The maximum atomic E-state index is 13.9. The molecule has 0 fully saturated rings. The third kappa shape index (κ3) is 4.29. The van der Waals surface area contributed by atoms with Gasteiger partial charge in [-0.2, -0.15) is 0 Å². The Morgan fingerprint density at radius 3 is 2.39 bits per heavy atom. The molecule has 0 saturated heterocycles. The molecule has 0 saturated carbocycles. The lowest BCUT2D eigenvalue weighted by Gasteiger charge is -2.11. The molecule has 2 aromatic carbocycles. The molecular weight excluding hydrogens is 372 g/mol. The van der Waals surface area contributed by atoms with Crippen LogP contribution in [0.3, 0.4) is 0 Å². The van der Waals surface area contributed by atoms with Crippen LogP contribution in [0.5, 0.6) is 5.75 Å². The highest BCUT2D eigenvalue weighted by molar-refractivity contribution is 5.76. The van der Waals surface area contributed by atoms with Crippen molar-refractivity contribution in [3.05, 3.63) is 70.5 Å². The average molecular weight is 387 g/mol. The van der Waals surface area contributed by atoms with Crippen molar-refractivity contribution in [3.63, 3.8) is 0 Å². The van der Waals surface area contributed by atoms with Crippen LogP contribution in [0.4, 0.5) is 37.5 Å². The van der Waals surface area contributed by atoms with Crippen molar-refractivity contribution in [3.8, 4) is 5.75 Å². The van der Waals surface area contributed by atoms with Gasteiger partial charge in [0.1, 0.15) is 23.7 Å². The fourth-order valence-electron chi connectivity index (χ4n) is 2.39. The molecule has 0 aliphatic carbocycles. The van der Waals surface area contributed by atoms with Crippen molar-refractivity contribution in [2.75, 3.05) is 17.2 Å². The number of nitro groups is 1. The van der Waals surface area contributed by atoms with E-state index in [1.807, 2.05) is 6.92 Å². The van der Waals surface area contributed by atoms with Crippen molar-refractivity contribution in [2.45, 2.75) is 6.92 Å². The molecule has 0 bridgehead atoms. The molecule has 10 heteroatoms. The van der Waals surface area contributed by atoms with Gasteiger partial charge in [-0.25, -0.2) is 18.7 Å². The Balaban J connectivity index is 1.93. The molecule has 0 amide bonds. The van der Waals surface area contributed by atoms with E-state index in [4.69, 9.17) is 4.74 Å². The summed E-state index contributed by atoms with van der Waals surface area (Å²) in [7, 11) is 0. The minimum absolute atomic E-state index is 0.108. The normalized spacial score (nSPS) is 10.4. The third-order valence-corrected chi connectivity index (χ3v) is 3.61. The van der Waals surface area contributed by atoms with E-state index < -0.39 is 22.2 Å². The largest absolute Gasteiger partial charge is 0.494 e. The zero-order valence-electron chi connectivity index (χ0n) is 14.6. The predicted molar refractivity (Wildman–Crippen MR) is 99.2 cm³/mol. The van der Waals surface area contributed by atoms with E-state index in [0.29, 0.717) is 18.0 Å². The Bertz CT molecular complexity index is 999. The van der Waals surface area contributed by atoms with Crippen LogP contribution in [0.25, 0.3) is 0 Å². The molecule has 8 nitrogen and oxygen atoms in total. The van der Waals surface area contributed by atoms with Gasteiger partial charge in [-0.1, -0.05) is 0 Å². The van der Waals surface area contributed by atoms with Gasteiger partial charge in [0.05, 0.1) is 17.2 Å². The molecule has 28 heavy (non-hydrogen) atoms. The first-order valence-corrected chi connectivity index (χ1v) is 8.19.